The van der Waals surface area contributed by atoms with Crippen molar-refractivity contribution in [2.75, 3.05) is 4.44 Å². The lowest BCUT2D eigenvalue weighted by atomic mass is 10.2. The molecule has 0 heterocycles. The van der Waals surface area contributed by atoms with Crippen LogP contribution < -0.4 is 25.7 Å². The van der Waals surface area contributed by atoms with Gasteiger partial charge in [-0.2, -0.15) is 5.26 Å². The van der Waals surface area contributed by atoms with E-state index in [0.29, 0.717) is 5.56 Å². The van der Waals surface area contributed by atoms with Crippen LogP contribution in [0.5, 0.6) is 0 Å². The van der Waals surface area contributed by atoms with E-state index in [1.54, 1.807) is 0 Å². The van der Waals surface area contributed by atoms with Crippen molar-refractivity contribution in [2.45, 2.75) is 0 Å². The number of nitrogens with zero attached hydrogens (tertiary/aromatic N) is 2. The average Bonchev–Trinajstić information content (AvgIpc) is 2.95. The van der Waals surface area contributed by atoms with Crippen molar-refractivity contribution < 1.29 is 0 Å². The Hall–Kier alpha value is -3.75. The van der Waals surface area contributed by atoms with Gasteiger partial charge < -0.3 is 4.44 Å². The first-order chi connectivity index (χ1) is 17.4. The lowest BCUT2D eigenvalue weighted by Crippen LogP contribution is -2.32. The van der Waals surface area contributed by atoms with Crippen molar-refractivity contribution >= 4 is 43.1 Å². The Morgan fingerprint density at radius 2 is 0.743 bits per heavy atom. The first kappa shape index (κ1) is 23.0. The lowest BCUT2D eigenvalue weighted by Gasteiger charge is -2.41. The molecule has 2 nitrogen and oxygen atoms in total. The summed E-state index contributed by atoms with van der Waals surface area (Å²) in [5.41, 5.74) is 1.65. The van der Waals surface area contributed by atoms with E-state index >= 15 is 0 Å². The van der Waals surface area contributed by atoms with Gasteiger partial charge in [0, 0.05) is 21.2 Å². The summed E-state index contributed by atoms with van der Waals surface area (Å²) in [4.78, 5) is 0. The zero-order valence-corrected chi connectivity index (χ0v) is 20.9. The fourth-order valence-corrected chi connectivity index (χ4v) is 10.1. The Morgan fingerprint density at radius 3 is 1.09 bits per heavy atom. The Labute approximate surface area is 209 Å². The number of rotatable bonds is 7. The molecule has 0 saturated carbocycles. The van der Waals surface area contributed by atoms with E-state index in [4.69, 9.17) is 0 Å². The summed E-state index contributed by atoms with van der Waals surface area (Å²) in [6, 6.07) is 53.3. The zero-order valence-electron chi connectivity index (χ0n) is 19.1. The minimum Gasteiger partial charge on any atom is -0.312 e. The van der Waals surface area contributed by atoms with E-state index in [1.807, 2.05) is 18.2 Å². The Kier molecular flexibility index (Phi) is 7.31. The van der Waals surface area contributed by atoms with Gasteiger partial charge in [0.15, 0.2) is 0 Å². The van der Waals surface area contributed by atoms with Crippen LogP contribution in [0.3, 0.4) is 0 Å². The van der Waals surface area contributed by atoms with Crippen LogP contribution in [0, 0.1) is 11.3 Å². The fraction of sp³-hybridized carbons (Fsp3) is 0. The van der Waals surface area contributed by atoms with Crippen LogP contribution in [0.4, 0.5) is 5.69 Å². The van der Waals surface area contributed by atoms with Gasteiger partial charge >= 0.3 is 0 Å². The largest absolute Gasteiger partial charge is 0.312 e. The molecular formula is C31H24N2P2. The molecule has 0 aromatic heterocycles. The predicted octanol–water partition coefficient (Wildman–Crippen LogP) is 6.46. The van der Waals surface area contributed by atoms with Gasteiger partial charge in [0.25, 0.3) is 0 Å². The minimum absolute atomic E-state index is 0.686. The normalized spacial score (nSPS) is 10.8. The Morgan fingerprint density at radius 1 is 0.429 bits per heavy atom. The summed E-state index contributed by atoms with van der Waals surface area (Å²) in [5.74, 6) is 0. The van der Waals surface area contributed by atoms with E-state index in [1.165, 1.54) is 21.2 Å². The topological polar surface area (TPSA) is 27.0 Å². The van der Waals surface area contributed by atoms with Gasteiger partial charge in [0.05, 0.1) is 27.4 Å². The second kappa shape index (κ2) is 11.1. The van der Waals surface area contributed by atoms with Crippen molar-refractivity contribution in [1.29, 1.82) is 5.26 Å². The Bertz CT molecular complexity index is 1240. The highest BCUT2D eigenvalue weighted by Crippen LogP contribution is 2.57. The van der Waals surface area contributed by atoms with Gasteiger partial charge in [-0.25, -0.2) is 0 Å². The van der Waals surface area contributed by atoms with Crippen LogP contribution in [-0.4, -0.2) is 0 Å². The standard InChI is InChI=1S/C31H24N2P2/c32-25-26-15-13-14-24-31(26)33(34(27-16-5-1-6-17-27)28-18-7-2-8-19-28)35(29-20-9-3-10-21-29)30-22-11-4-12-23-30/h1-24H. The number of hydrogen-bond donors (Lipinski definition) is 0. The average molecular weight is 486 g/mol. The summed E-state index contributed by atoms with van der Waals surface area (Å²) in [7, 11) is -1.98. The van der Waals surface area contributed by atoms with Crippen LogP contribution in [0.2, 0.25) is 0 Å². The van der Waals surface area contributed by atoms with Gasteiger partial charge in [-0.3, -0.25) is 0 Å². The zero-order chi connectivity index (χ0) is 23.9. The number of anilines is 1. The highest BCUT2D eigenvalue weighted by molar-refractivity contribution is 7.90. The molecule has 0 aliphatic rings. The van der Waals surface area contributed by atoms with Crippen molar-refractivity contribution in [3.63, 3.8) is 0 Å². The smallest absolute Gasteiger partial charge is 0.101 e. The number of para-hydroxylation sites is 1. The van der Waals surface area contributed by atoms with Crippen LogP contribution in [0.25, 0.3) is 0 Å². The monoisotopic (exact) mass is 486 g/mol. The SMILES string of the molecule is N#Cc1ccccc1N(P(c1ccccc1)c1ccccc1)P(c1ccccc1)c1ccccc1. The maximum Gasteiger partial charge on any atom is 0.101 e. The molecule has 0 amide bonds. The number of benzene rings is 5. The van der Waals surface area contributed by atoms with Crippen LogP contribution in [0.1, 0.15) is 5.56 Å². The molecule has 5 aromatic rings. The third kappa shape index (κ3) is 5.03. The predicted molar refractivity (Wildman–Crippen MR) is 152 cm³/mol. The third-order valence-corrected chi connectivity index (χ3v) is 11.0. The number of hydrogen-bond acceptors (Lipinski definition) is 2. The van der Waals surface area contributed by atoms with E-state index < -0.39 is 16.1 Å². The highest BCUT2D eigenvalue weighted by atomic mass is 31.2. The summed E-state index contributed by atoms with van der Waals surface area (Å²) in [6.45, 7) is 0. The molecule has 35 heavy (non-hydrogen) atoms. The lowest BCUT2D eigenvalue weighted by molar-refractivity contribution is 1.46. The molecule has 0 saturated heterocycles. The van der Waals surface area contributed by atoms with Gasteiger partial charge in [-0.05, 0) is 12.1 Å². The summed E-state index contributed by atoms with van der Waals surface area (Å²) < 4.78 is 2.54. The van der Waals surface area contributed by atoms with Crippen molar-refractivity contribution in [3.05, 3.63) is 151 Å². The summed E-state index contributed by atoms with van der Waals surface area (Å²) in [5, 5.41) is 15.2. The van der Waals surface area contributed by atoms with Gasteiger partial charge in [0.1, 0.15) is 6.07 Å². The molecule has 0 spiro atoms. The molecule has 0 aliphatic carbocycles. The van der Waals surface area contributed by atoms with Crippen molar-refractivity contribution in [2.24, 2.45) is 0 Å². The van der Waals surface area contributed by atoms with Crippen molar-refractivity contribution in [1.82, 2.24) is 0 Å². The molecule has 168 valence electrons. The van der Waals surface area contributed by atoms with E-state index in [0.717, 1.165) is 5.69 Å². The molecule has 0 N–H and O–H groups in total. The highest BCUT2D eigenvalue weighted by Gasteiger charge is 2.33. The molecule has 0 aliphatic heterocycles. The molecule has 0 fully saturated rings. The first-order valence-electron chi connectivity index (χ1n) is 11.5. The van der Waals surface area contributed by atoms with Crippen LogP contribution in [-0.2, 0) is 0 Å². The van der Waals surface area contributed by atoms with Gasteiger partial charge in [-0.15, -0.1) is 0 Å². The van der Waals surface area contributed by atoms with Crippen molar-refractivity contribution in [3.8, 4) is 6.07 Å². The van der Waals surface area contributed by atoms with E-state index in [-0.39, 0.29) is 0 Å². The molecule has 0 bridgehead atoms. The molecule has 5 aromatic carbocycles. The van der Waals surface area contributed by atoms with Gasteiger partial charge in [0.2, 0.25) is 0 Å². The summed E-state index contributed by atoms with van der Waals surface area (Å²) >= 11 is 0. The molecule has 0 radical (unpaired) electrons. The summed E-state index contributed by atoms with van der Waals surface area (Å²) in [6.07, 6.45) is 0. The van der Waals surface area contributed by atoms with Crippen LogP contribution in [0.15, 0.2) is 146 Å². The van der Waals surface area contributed by atoms with E-state index in [2.05, 4.69) is 138 Å². The van der Waals surface area contributed by atoms with Gasteiger partial charge in [-0.1, -0.05) is 133 Å². The van der Waals surface area contributed by atoms with E-state index in [9.17, 15) is 5.26 Å². The molecular weight excluding hydrogens is 462 g/mol. The Balaban J connectivity index is 1.84. The molecule has 5 rings (SSSR count). The maximum absolute atomic E-state index is 10.2. The number of nitriles is 1. The maximum atomic E-state index is 10.2. The first-order valence-corrected chi connectivity index (χ1v) is 14.1. The van der Waals surface area contributed by atoms with Crippen LogP contribution >= 0.6 is 16.1 Å². The second-order valence-electron chi connectivity index (χ2n) is 7.88. The minimum atomic E-state index is -0.988. The second-order valence-corrected chi connectivity index (χ2v) is 12.3. The quantitative estimate of drug-likeness (QED) is 0.247. The fourth-order valence-electron chi connectivity index (χ4n) is 4.06. The molecule has 0 unspecified atom stereocenters. The molecule has 0 atom stereocenters. The molecule has 4 heteroatoms. The third-order valence-electron chi connectivity index (χ3n) is 5.62.